The van der Waals surface area contributed by atoms with Crippen LogP contribution < -0.4 is 9.80 Å². The summed E-state index contributed by atoms with van der Waals surface area (Å²) in [7, 11) is 1.95. The lowest BCUT2D eigenvalue weighted by Crippen LogP contribution is -2.46. The summed E-state index contributed by atoms with van der Waals surface area (Å²) >= 11 is 0. The van der Waals surface area contributed by atoms with Crippen LogP contribution in [0.1, 0.15) is 19.8 Å². The van der Waals surface area contributed by atoms with E-state index in [0.29, 0.717) is 12.2 Å². The van der Waals surface area contributed by atoms with E-state index < -0.39 is 0 Å². The van der Waals surface area contributed by atoms with Crippen LogP contribution in [-0.2, 0) is 9.53 Å². The topological polar surface area (TPSA) is 32.8 Å². The summed E-state index contributed by atoms with van der Waals surface area (Å²) in [6.45, 7) is 3.29. The van der Waals surface area contributed by atoms with E-state index in [-0.39, 0.29) is 23.9 Å². The van der Waals surface area contributed by atoms with E-state index in [4.69, 9.17) is 4.74 Å². The lowest BCUT2D eigenvalue weighted by molar-refractivity contribution is -0.129. The van der Waals surface area contributed by atoms with Crippen LogP contribution in [0.4, 0.5) is 15.8 Å². The van der Waals surface area contributed by atoms with E-state index in [1.807, 2.05) is 18.9 Å². The fraction of sp³-hybridized carbons (Fsp3) is 0.533. The summed E-state index contributed by atoms with van der Waals surface area (Å²) in [5.74, 6) is -0.369. The Bertz CT molecular complexity index is 535. The number of fused-ring (bicyclic) bond motifs is 1. The second-order valence-corrected chi connectivity index (χ2v) is 5.56. The largest absolute Gasteiger partial charge is 0.371 e. The molecule has 0 radical (unpaired) electrons. The lowest BCUT2D eigenvalue weighted by atomic mass is 10.1. The molecule has 1 aromatic carbocycles. The summed E-state index contributed by atoms with van der Waals surface area (Å²) in [5, 5.41) is 0. The van der Waals surface area contributed by atoms with E-state index in [1.54, 1.807) is 11.0 Å². The molecule has 0 spiro atoms. The van der Waals surface area contributed by atoms with Crippen LogP contribution in [0.3, 0.4) is 0 Å². The van der Waals surface area contributed by atoms with Crippen molar-refractivity contribution in [3.05, 3.63) is 24.0 Å². The van der Waals surface area contributed by atoms with Gasteiger partial charge in [0.2, 0.25) is 0 Å². The first-order valence-corrected chi connectivity index (χ1v) is 7.04. The van der Waals surface area contributed by atoms with Crippen molar-refractivity contribution in [2.75, 3.05) is 29.9 Å². The molecule has 3 rings (SSSR count). The zero-order chi connectivity index (χ0) is 14.3. The molecule has 1 amide bonds. The molecule has 0 saturated carbocycles. The predicted octanol–water partition coefficient (Wildman–Crippen LogP) is 2.18. The van der Waals surface area contributed by atoms with Gasteiger partial charge >= 0.3 is 0 Å². The van der Waals surface area contributed by atoms with E-state index >= 15 is 0 Å². The third-order valence-electron chi connectivity index (χ3n) is 4.07. The number of anilines is 2. The maximum Gasteiger partial charge on any atom is 0.256 e. The van der Waals surface area contributed by atoms with Crippen molar-refractivity contribution in [3.63, 3.8) is 0 Å². The van der Waals surface area contributed by atoms with Crippen LogP contribution in [0.5, 0.6) is 0 Å². The van der Waals surface area contributed by atoms with Gasteiger partial charge in [0.1, 0.15) is 11.9 Å². The number of halogens is 1. The Morgan fingerprint density at radius 1 is 1.30 bits per heavy atom. The van der Waals surface area contributed by atoms with Gasteiger partial charge in [-0.1, -0.05) is 0 Å². The van der Waals surface area contributed by atoms with Crippen molar-refractivity contribution in [3.8, 4) is 0 Å². The summed E-state index contributed by atoms with van der Waals surface area (Å²) < 4.78 is 19.2. The Morgan fingerprint density at radius 2 is 2.10 bits per heavy atom. The maximum atomic E-state index is 13.5. The normalized spacial score (nSPS) is 25.8. The monoisotopic (exact) mass is 278 g/mol. The minimum absolute atomic E-state index is 0.0469. The molecular weight excluding hydrogens is 259 g/mol. The van der Waals surface area contributed by atoms with Gasteiger partial charge in [-0.2, -0.15) is 0 Å². The molecule has 4 nitrogen and oxygen atoms in total. The highest BCUT2D eigenvalue weighted by molar-refractivity contribution is 6.00. The van der Waals surface area contributed by atoms with E-state index in [2.05, 4.69) is 0 Å². The van der Waals surface area contributed by atoms with Gasteiger partial charge in [-0.05, 0) is 38.0 Å². The SMILES string of the molecule is CC1CCC(C(=O)N2CCN(C)c3ccc(F)cc32)O1. The molecule has 1 aromatic rings. The van der Waals surface area contributed by atoms with Crippen molar-refractivity contribution < 1.29 is 13.9 Å². The number of hydrogen-bond donors (Lipinski definition) is 0. The lowest BCUT2D eigenvalue weighted by Gasteiger charge is -2.36. The molecule has 108 valence electrons. The Labute approximate surface area is 118 Å². The number of carbonyl (C=O) groups excluding carboxylic acids is 1. The molecule has 2 heterocycles. The zero-order valence-electron chi connectivity index (χ0n) is 11.8. The molecule has 0 aromatic heterocycles. The number of hydrogen-bond acceptors (Lipinski definition) is 3. The van der Waals surface area contributed by atoms with Crippen LogP contribution in [0.25, 0.3) is 0 Å². The van der Waals surface area contributed by atoms with Crippen LogP contribution >= 0.6 is 0 Å². The molecule has 2 aliphatic rings. The Balaban J connectivity index is 1.90. The zero-order valence-corrected chi connectivity index (χ0v) is 11.8. The molecule has 2 aliphatic heterocycles. The molecule has 5 heteroatoms. The molecule has 1 saturated heterocycles. The molecule has 2 atom stereocenters. The highest BCUT2D eigenvalue weighted by Gasteiger charge is 2.34. The fourth-order valence-electron chi connectivity index (χ4n) is 2.91. The first-order chi connectivity index (χ1) is 9.56. The second kappa shape index (κ2) is 5.05. The Morgan fingerprint density at radius 3 is 2.80 bits per heavy atom. The van der Waals surface area contributed by atoms with Gasteiger partial charge in [-0.15, -0.1) is 0 Å². The second-order valence-electron chi connectivity index (χ2n) is 5.56. The Hall–Kier alpha value is -1.62. The number of likely N-dealkylation sites (N-methyl/N-ethyl adjacent to an activating group) is 1. The van der Waals surface area contributed by atoms with Crippen molar-refractivity contribution >= 4 is 17.3 Å². The number of carbonyl (C=O) groups is 1. The molecule has 1 fully saturated rings. The van der Waals surface area contributed by atoms with Crippen LogP contribution in [0, 0.1) is 5.82 Å². The third-order valence-corrected chi connectivity index (χ3v) is 4.07. The van der Waals surface area contributed by atoms with E-state index in [1.165, 1.54) is 12.1 Å². The molecule has 2 unspecified atom stereocenters. The standard InChI is InChI=1S/C15H19FN2O2/c1-10-3-6-14(20-10)15(19)18-8-7-17(2)12-5-4-11(16)9-13(12)18/h4-5,9-10,14H,3,6-8H2,1-2H3. The number of benzene rings is 1. The molecule has 20 heavy (non-hydrogen) atoms. The van der Waals surface area contributed by atoms with Gasteiger partial charge in [-0.3, -0.25) is 4.79 Å². The summed E-state index contributed by atoms with van der Waals surface area (Å²) in [4.78, 5) is 16.3. The summed E-state index contributed by atoms with van der Waals surface area (Å²) in [6, 6.07) is 4.58. The van der Waals surface area contributed by atoms with Crippen molar-refractivity contribution in [1.82, 2.24) is 0 Å². The van der Waals surface area contributed by atoms with Crippen molar-refractivity contribution in [1.29, 1.82) is 0 Å². The summed E-state index contributed by atoms with van der Waals surface area (Å²) in [5.41, 5.74) is 1.53. The smallest absolute Gasteiger partial charge is 0.256 e. The Kier molecular flexibility index (Phi) is 3.38. The molecular formula is C15H19FN2O2. The minimum Gasteiger partial charge on any atom is -0.371 e. The van der Waals surface area contributed by atoms with Gasteiger partial charge in [0.25, 0.3) is 5.91 Å². The average Bonchev–Trinajstić information content (AvgIpc) is 2.85. The first kappa shape index (κ1) is 13.4. The number of amides is 1. The average molecular weight is 278 g/mol. The predicted molar refractivity (Wildman–Crippen MR) is 75.6 cm³/mol. The van der Waals surface area contributed by atoms with Gasteiger partial charge in [0, 0.05) is 20.1 Å². The fourth-order valence-corrected chi connectivity index (χ4v) is 2.91. The van der Waals surface area contributed by atoms with Gasteiger partial charge < -0.3 is 14.5 Å². The van der Waals surface area contributed by atoms with Gasteiger partial charge in [-0.25, -0.2) is 4.39 Å². The molecule has 0 aliphatic carbocycles. The first-order valence-electron chi connectivity index (χ1n) is 7.04. The van der Waals surface area contributed by atoms with Crippen LogP contribution in [-0.4, -0.2) is 38.3 Å². The molecule has 0 N–H and O–H groups in total. The maximum absolute atomic E-state index is 13.5. The van der Waals surface area contributed by atoms with Gasteiger partial charge in [0.05, 0.1) is 17.5 Å². The third kappa shape index (κ3) is 2.26. The number of nitrogens with zero attached hydrogens (tertiary/aromatic N) is 2. The van der Waals surface area contributed by atoms with E-state index in [0.717, 1.165) is 25.1 Å². The van der Waals surface area contributed by atoms with Crippen LogP contribution in [0.15, 0.2) is 18.2 Å². The highest BCUT2D eigenvalue weighted by Crippen LogP contribution is 2.34. The number of ether oxygens (including phenoxy) is 1. The van der Waals surface area contributed by atoms with Crippen molar-refractivity contribution in [2.45, 2.75) is 32.0 Å². The minimum atomic E-state index is -0.385. The van der Waals surface area contributed by atoms with E-state index in [9.17, 15) is 9.18 Å². The number of rotatable bonds is 1. The quantitative estimate of drug-likeness (QED) is 0.789. The van der Waals surface area contributed by atoms with Gasteiger partial charge in [0.15, 0.2) is 0 Å². The molecule has 0 bridgehead atoms. The van der Waals surface area contributed by atoms with Crippen LogP contribution in [0.2, 0.25) is 0 Å². The van der Waals surface area contributed by atoms with Crippen molar-refractivity contribution in [2.24, 2.45) is 0 Å². The highest BCUT2D eigenvalue weighted by atomic mass is 19.1. The summed E-state index contributed by atoms with van der Waals surface area (Å²) in [6.07, 6.45) is 1.39.